The Morgan fingerprint density at radius 3 is 2.69 bits per heavy atom. The van der Waals surface area contributed by atoms with Gasteiger partial charge in [0.2, 0.25) is 5.89 Å². The molecule has 0 unspecified atom stereocenters. The largest absolute Gasteiger partial charge is 0.492 e. The fourth-order valence-corrected chi connectivity index (χ4v) is 3.32. The standard InChI is InChI=1S/C24H22FN3O4/c25-20-11-15(3-7-19(20)23(30)27-16-4-5-16)24-28-17(13-32-24)9-10-31-18-6-8-21(26-12-18)22(29)14-1-2-14/h3,6-8,11-14,16H,1-2,4-5,9-10H2,(H,27,30). The van der Waals surface area contributed by atoms with Crippen LogP contribution in [0.15, 0.2) is 47.2 Å². The monoisotopic (exact) mass is 435 g/mol. The molecule has 2 aliphatic carbocycles. The number of amides is 1. The number of nitrogens with one attached hydrogen (secondary N) is 1. The third kappa shape index (κ3) is 4.69. The lowest BCUT2D eigenvalue weighted by molar-refractivity contribution is 0.0943. The molecule has 8 heteroatoms. The van der Waals surface area contributed by atoms with Crippen molar-refractivity contribution in [2.45, 2.75) is 38.1 Å². The van der Waals surface area contributed by atoms with Gasteiger partial charge in [-0.25, -0.2) is 14.4 Å². The summed E-state index contributed by atoms with van der Waals surface area (Å²) in [5, 5.41) is 2.77. The third-order valence-electron chi connectivity index (χ3n) is 5.49. The van der Waals surface area contributed by atoms with Gasteiger partial charge in [0.15, 0.2) is 5.78 Å². The zero-order valence-electron chi connectivity index (χ0n) is 17.3. The van der Waals surface area contributed by atoms with Gasteiger partial charge in [-0.1, -0.05) is 0 Å². The Balaban J connectivity index is 1.15. The first-order valence-corrected chi connectivity index (χ1v) is 10.7. The fraction of sp³-hybridized carbons (Fsp3) is 0.333. The first-order chi connectivity index (χ1) is 15.6. The molecule has 2 heterocycles. The van der Waals surface area contributed by atoms with Crippen LogP contribution in [-0.2, 0) is 6.42 Å². The van der Waals surface area contributed by atoms with Crippen LogP contribution >= 0.6 is 0 Å². The van der Waals surface area contributed by atoms with Crippen LogP contribution < -0.4 is 10.1 Å². The van der Waals surface area contributed by atoms with E-state index in [0.29, 0.717) is 35.7 Å². The maximum atomic E-state index is 14.4. The fourth-order valence-electron chi connectivity index (χ4n) is 3.32. The Bertz CT molecular complexity index is 1150. The van der Waals surface area contributed by atoms with Gasteiger partial charge < -0.3 is 14.5 Å². The highest BCUT2D eigenvalue weighted by Gasteiger charge is 2.31. The van der Waals surface area contributed by atoms with E-state index in [0.717, 1.165) is 25.7 Å². The second kappa shape index (κ2) is 8.53. The second-order valence-corrected chi connectivity index (χ2v) is 8.20. The Labute approximate surface area is 184 Å². The summed E-state index contributed by atoms with van der Waals surface area (Å²) in [5.41, 5.74) is 1.60. The van der Waals surface area contributed by atoms with Crippen LogP contribution in [0.1, 0.15) is 52.2 Å². The zero-order valence-corrected chi connectivity index (χ0v) is 17.3. The summed E-state index contributed by atoms with van der Waals surface area (Å²) in [6.45, 7) is 0.345. The highest BCUT2D eigenvalue weighted by atomic mass is 19.1. The molecule has 164 valence electrons. The minimum absolute atomic E-state index is 0.0132. The normalized spacial score (nSPS) is 15.4. The number of hydrogen-bond donors (Lipinski definition) is 1. The summed E-state index contributed by atoms with van der Waals surface area (Å²) in [4.78, 5) is 32.6. The third-order valence-corrected chi connectivity index (χ3v) is 5.49. The highest BCUT2D eigenvalue weighted by Crippen LogP contribution is 2.32. The molecule has 1 aromatic carbocycles. The van der Waals surface area contributed by atoms with E-state index >= 15 is 0 Å². The summed E-state index contributed by atoms with van der Waals surface area (Å²) in [6.07, 6.45) is 7.31. The first kappa shape index (κ1) is 20.4. The Kier molecular flexibility index (Phi) is 5.43. The van der Waals surface area contributed by atoms with Crippen molar-refractivity contribution in [3.8, 4) is 17.2 Å². The lowest BCUT2D eigenvalue weighted by Gasteiger charge is -2.05. The molecule has 2 saturated carbocycles. The number of aromatic nitrogens is 2. The molecule has 1 N–H and O–H groups in total. The number of ketones is 1. The molecule has 2 fully saturated rings. The molecule has 32 heavy (non-hydrogen) atoms. The number of rotatable bonds is 9. The van der Waals surface area contributed by atoms with Crippen molar-refractivity contribution < 1.29 is 23.1 Å². The lowest BCUT2D eigenvalue weighted by Crippen LogP contribution is -2.26. The van der Waals surface area contributed by atoms with Crippen LogP contribution in [0.5, 0.6) is 5.75 Å². The van der Waals surface area contributed by atoms with Crippen molar-refractivity contribution >= 4 is 11.7 Å². The Morgan fingerprint density at radius 1 is 1.16 bits per heavy atom. The number of pyridine rings is 1. The summed E-state index contributed by atoms with van der Waals surface area (Å²) >= 11 is 0. The average Bonchev–Trinajstić information content (AvgIpc) is 3.73. The van der Waals surface area contributed by atoms with Crippen molar-refractivity contribution in [3.05, 3.63) is 65.6 Å². The molecule has 0 bridgehead atoms. The van der Waals surface area contributed by atoms with Gasteiger partial charge in [-0.3, -0.25) is 9.59 Å². The molecule has 0 aliphatic heterocycles. The Hall–Kier alpha value is -3.55. The molecule has 0 spiro atoms. The van der Waals surface area contributed by atoms with Crippen LogP contribution in [0, 0.1) is 11.7 Å². The van der Waals surface area contributed by atoms with Gasteiger partial charge in [-0.15, -0.1) is 0 Å². The predicted octanol–water partition coefficient (Wildman–Crippen LogP) is 3.98. The van der Waals surface area contributed by atoms with E-state index in [1.54, 1.807) is 24.4 Å². The van der Waals surface area contributed by atoms with Crippen LogP contribution in [0.2, 0.25) is 0 Å². The lowest BCUT2D eigenvalue weighted by atomic mass is 10.1. The topological polar surface area (TPSA) is 94.3 Å². The van der Waals surface area contributed by atoms with Crippen LogP contribution in [0.4, 0.5) is 4.39 Å². The predicted molar refractivity (Wildman–Crippen MR) is 113 cm³/mol. The van der Waals surface area contributed by atoms with E-state index in [1.807, 2.05) is 0 Å². The van der Waals surface area contributed by atoms with E-state index in [-0.39, 0.29) is 29.2 Å². The van der Waals surface area contributed by atoms with Crippen LogP contribution in [-0.4, -0.2) is 34.3 Å². The number of nitrogens with zero attached hydrogens (tertiary/aromatic N) is 2. The van der Waals surface area contributed by atoms with Crippen molar-refractivity contribution in [3.63, 3.8) is 0 Å². The molecule has 1 amide bonds. The SMILES string of the molecule is O=C(NC1CC1)c1ccc(-c2nc(CCOc3ccc(C(=O)C4CC4)nc3)co2)cc1F. The van der Waals surface area contributed by atoms with Crippen LogP contribution in [0.25, 0.3) is 11.5 Å². The molecule has 5 rings (SSSR count). The molecule has 3 aromatic rings. The Morgan fingerprint density at radius 2 is 2.00 bits per heavy atom. The quantitative estimate of drug-likeness (QED) is 0.511. The number of halogens is 1. The molecular formula is C24H22FN3O4. The molecular weight excluding hydrogens is 413 g/mol. The number of benzene rings is 1. The zero-order chi connectivity index (χ0) is 22.1. The first-order valence-electron chi connectivity index (χ1n) is 10.7. The van der Waals surface area contributed by atoms with Gasteiger partial charge in [0.25, 0.3) is 5.91 Å². The number of ether oxygens (including phenoxy) is 1. The summed E-state index contributed by atoms with van der Waals surface area (Å²) in [7, 11) is 0. The average molecular weight is 435 g/mol. The minimum Gasteiger partial charge on any atom is -0.492 e. The van der Waals surface area contributed by atoms with Crippen molar-refractivity contribution in [1.82, 2.24) is 15.3 Å². The molecule has 0 atom stereocenters. The molecule has 2 aromatic heterocycles. The van der Waals surface area contributed by atoms with Gasteiger partial charge in [0.1, 0.15) is 23.5 Å². The minimum atomic E-state index is -0.611. The van der Waals surface area contributed by atoms with E-state index in [4.69, 9.17) is 9.15 Å². The molecule has 0 radical (unpaired) electrons. The summed E-state index contributed by atoms with van der Waals surface area (Å²) < 4.78 is 25.5. The van der Waals surface area contributed by atoms with Crippen molar-refractivity contribution in [1.29, 1.82) is 0 Å². The van der Waals surface area contributed by atoms with E-state index in [1.165, 1.54) is 18.4 Å². The molecule has 7 nitrogen and oxygen atoms in total. The van der Waals surface area contributed by atoms with Gasteiger partial charge in [-0.05, 0) is 56.0 Å². The van der Waals surface area contributed by atoms with E-state index < -0.39 is 11.7 Å². The van der Waals surface area contributed by atoms with Gasteiger partial charge in [0, 0.05) is 23.9 Å². The number of carbonyl (C=O) groups excluding carboxylic acids is 2. The number of carbonyl (C=O) groups is 2. The van der Waals surface area contributed by atoms with E-state index in [2.05, 4.69) is 15.3 Å². The second-order valence-electron chi connectivity index (χ2n) is 8.20. The van der Waals surface area contributed by atoms with Crippen LogP contribution in [0.3, 0.4) is 0 Å². The number of hydrogen-bond acceptors (Lipinski definition) is 6. The highest BCUT2D eigenvalue weighted by molar-refractivity contribution is 5.97. The van der Waals surface area contributed by atoms with Gasteiger partial charge >= 0.3 is 0 Å². The number of Topliss-reactive ketones (excluding diaryl/α,β-unsaturated/α-hetero) is 1. The number of oxazole rings is 1. The van der Waals surface area contributed by atoms with Gasteiger partial charge in [0.05, 0.1) is 24.1 Å². The van der Waals surface area contributed by atoms with Gasteiger partial charge in [-0.2, -0.15) is 0 Å². The smallest absolute Gasteiger partial charge is 0.254 e. The maximum absolute atomic E-state index is 14.4. The van der Waals surface area contributed by atoms with E-state index in [9.17, 15) is 14.0 Å². The van der Waals surface area contributed by atoms with Crippen molar-refractivity contribution in [2.24, 2.45) is 5.92 Å². The van der Waals surface area contributed by atoms with Crippen molar-refractivity contribution in [2.75, 3.05) is 6.61 Å². The summed E-state index contributed by atoms with van der Waals surface area (Å²) in [5.74, 6) is 0.0711. The molecule has 0 saturated heterocycles. The maximum Gasteiger partial charge on any atom is 0.254 e. The summed E-state index contributed by atoms with van der Waals surface area (Å²) in [6, 6.07) is 7.91. The molecule has 2 aliphatic rings.